The molecule has 1 fully saturated rings. The second-order valence-corrected chi connectivity index (χ2v) is 7.45. The van der Waals surface area contributed by atoms with Gasteiger partial charge in [-0.2, -0.15) is 0 Å². The third-order valence-corrected chi connectivity index (χ3v) is 4.99. The minimum Gasteiger partial charge on any atom is -0.445 e. The Balaban J connectivity index is 1.62. The number of ether oxygens (including phenoxy) is 4. The normalized spacial score (nSPS) is 16.7. The summed E-state index contributed by atoms with van der Waals surface area (Å²) in [5.41, 5.74) is -0.0443. The molecule has 1 N–H and O–H groups in total. The number of nitrogens with one attached hydrogen (secondary N) is 1. The van der Waals surface area contributed by atoms with E-state index in [1.165, 1.54) is 0 Å². The Kier molecular flexibility index (Phi) is 7.25. The molecule has 164 valence electrons. The Morgan fingerprint density at radius 2 is 1.48 bits per heavy atom. The van der Waals surface area contributed by atoms with Crippen molar-refractivity contribution >= 4 is 18.2 Å². The second kappa shape index (κ2) is 10.1. The maximum atomic E-state index is 12.9. The molecule has 31 heavy (non-hydrogen) atoms. The first kappa shape index (κ1) is 22.3. The van der Waals surface area contributed by atoms with E-state index in [0.29, 0.717) is 0 Å². The average molecular weight is 427 g/mol. The zero-order valence-corrected chi connectivity index (χ0v) is 17.4. The van der Waals surface area contributed by atoms with Crippen LogP contribution in [0.1, 0.15) is 25.0 Å². The molecule has 3 rings (SSSR count). The van der Waals surface area contributed by atoms with Crippen LogP contribution >= 0.6 is 0 Å². The van der Waals surface area contributed by atoms with Crippen LogP contribution in [-0.2, 0) is 37.0 Å². The monoisotopic (exact) mass is 427 g/mol. The van der Waals surface area contributed by atoms with E-state index in [1.54, 1.807) is 38.1 Å². The highest BCUT2D eigenvalue weighted by molar-refractivity contribution is 5.92. The van der Waals surface area contributed by atoms with Crippen molar-refractivity contribution in [1.82, 2.24) is 5.32 Å². The minimum absolute atomic E-state index is 0.0283. The van der Waals surface area contributed by atoms with Crippen LogP contribution in [0.2, 0.25) is 0 Å². The van der Waals surface area contributed by atoms with Gasteiger partial charge in [0.05, 0.1) is 6.61 Å². The summed E-state index contributed by atoms with van der Waals surface area (Å²) in [6.07, 6.45) is -2.60. The molecular weight excluding hydrogens is 402 g/mol. The molecule has 1 aliphatic rings. The zero-order chi connectivity index (χ0) is 22.3. The van der Waals surface area contributed by atoms with Crippen molar-refractivity contribution in [2.24, 2.45) is 5.92 Å². The lowest BCUT2D eigenvalue weighted by Gasteiger charge is -2.33. The van der Waals surface area contributed by atoms with Crippen molar-refractivity contribution in [3.63, 3.8) is 0 Å². The molecule has 0 bridgehead atoms. The fourth-order valence-electron chi connectivity index (χ4n) is 3.16. The van der Waals surface area contributed by atoms with Gasteiger partial charge in [-0.3, -0.25) is 0 Å². The predicted molar refractivity (Wildman–Crippen MR) is 110 cm³/mol. The third-order valence-electron chi connectivity index (χ3n) is 4.99. The van der Waals surface area contributed by atoms with Gasteiger partial charge in [-0.25, -0.2) is 14.4 Å². The molecule has 2 aromatic carbocycles. The highest BCUT2D eigenvalue weighted by atomic mass is 16.7. The maximum absolute atomic E-state index is 12.9. The van der Waals surface area contributed by atoms with Gasteiger partial charge in [0, 0.05) is 0 Å². The Hall–Kier alpha value is -3.39. The summed E-state index contributed by atoms with van der Waals surface area (Å²) in [7, 11) is 0. The van der Waals surface area contributed by atoms with Crippen molar-refractivity contribution < 1.29 is 33.3 Å². The molecule has 0 radical (unpaired) electrons. The number of carbonyl (C=O) groups excluding carboxylic acids is 3. The number of amides is 1. The van der Waals surface area contributed by atoms with Crippen LogP contribution < -0.4 is 5.32 Å². The summed E-state index contributed by atoms with van der Waals surface area (Å²) < 4.78 is 20.5. The van der Waals surface area contributed by atoms with Gasteiger partial charge in [-0.15, -0.1) is 0 Å². The van der Waals surface area contributed by atoms with Crippen molar-refractivity contribution in [3.05, 3.63) is 71.8 Å². The lowest BCUT2D eigenvalue weighted by Crippen LogP contribution is -2.63. The number of carbonyl (C=O) groups is 3. The SMILES string of the molecule is CC(C)C(NC(=O)OCc1ccccc1)(C(=O)OC(=O)OCc1ccccc1)C1CO1. The van der Waals surface area contributed by atoms with Crippen LogP contribution in [0.4, 0.5) is 9.59 Å². The number of epoxide rings is 1. The molecule has 2 unspecified atom stereocenters. The number of benzene rings is 2. The summed E-state index contributed by atoms with van der Waals surface area (Å²) >= 11 is 0. The van der Waals surface area contributed by atoms with Gasteiger partial charge >= 0.3 is 18.2 Å². The Labute approximate surface area is 180 Å². The highest BCUT2D eigenvalue weighted by Crippen LogP contribution is 2.33. The maximum Gasteiger partial charge on any atom is 0.516 e. The largest absolute Gasteiger partial charge is 0.516 e. The van der Waals surface area contributed by atoms with Gasteiger partial charge < -0.3 is 24.3 Å². The van der Waals surface area contributed by atoms with Crippen LogP contribution in [0.5, 0.6) is 0 Å². The molecule has 1 amide bonds. The van der Waals surface area contributed by atoms with Crippen LogP contribution in [0, 0.1) is 5.92 Å². The predicted octanol–water partition coefficient (Wildman–Crippen LogP) is 3.59. The number of rotatable bonds is 8. The zero-order valence-electron chi connectivity index (χ0n) is 17.4. The fourth-order valence-corrected chi connectivity index (χ4v) is 3.16. The number of alkyl carbamates (subject to hydrolysis) is 1. The van der Waals surface area contributed by atoms with Gasteiger partial charge in [0.2, 0.25) is 0 Å². The molecule has 1 saturated heterocycles. The van der Waals surface area contributed by atoms with Crippen LogP contribution in [0.25, 0.3) is 0 Å². The fraction of sp³-hybridized carbons (Fsp3) is 0.348. The van der Waals surface area contributed by atoms with Crippen LogP contribution in [0.3, 0.4) is 0 Å². The van der Waals surface area contributed by atoms with Gasteiger partial charge in [-0.1, -0.05) is 74.5 Å². The van der Waals surface area contributed by atoms with Crippen molar-refractivity contribution in [2.75, 3.05) is 6.61 Å². The smallest absolute Gasteiger partial charge is 0.445 e. The molecule has 1 heterocycles. The standard InChI is InChI=1S/C23H25NO7/c1-16(2)23(19-15-28-19,24-21(26)29-13-17-9-5-3-6-10-17)20(25)31-22(27)30-14-18-11-7-4-8-12-18/h3-12,16,19H,13-15H2,1-2H3,(H,24,26). The molecule has 2 aromatic rings. The van der Waals surface area contributed by atoms with E-state index in [2.05, 4.69) is 5.32 Å². The number of hydrogen-bond donors (Lipinski definition) is 1. The molecule has 2 atom stereocenters. The quantitative estimate of drug-likeness (QED) is 0.390. The van der Waals surface area contributed by atoms with Crippen LogP contribution in [-0.4, -0.2) is 36.5 Å². The van der Waals surface area contributed by atoms with E-state index < -0.39 is 35.8 Å². The number of hydrogen-bond acceptors (Lipinski definition) is 7. The Morgan fingerprint density at radius 1 is 0.968 bits per heavy atom. The van der Waals surface area contributed by atoms with E-state index in [9.17, 15) is 14.4 Å². The second-order valence-electron chi connectivity index (χ2n) is 7.45. The summed E-state index contributed by atoms with van der Waals surface area (Å²) in [5, 5.41) is 2.57. The molecule has 8 nitrogen and oxygen atoms in total. The van der Waals surface area contributed by atoms with E-state index in [4.69, 9.17) is 18.9 Å². The van der Waals surface area contributed by atoms with E-state index >= 15 is 0 Å². The van der Waals surface area contributed by atoms with Crippen molar-refractivity contribution in [1.29, 1.82) is 0 Å². The van der Waals surface area contributed by atoms with Gasteiger partial charge in [-0.05, 0) is 17.0 Å². The topological polar surface area (TPSA) is 103 Å². The first-order valence-corrected chi connectivity index (χ1v) is 9.95. The van der Waals surface area contributed by atoms with Gasteiger partial charge in [0.15, 0.2) is 5.54 Å². The van der Waals surface area contributed by atoms with Crippen molar-refractivity contribution in [2.45, 2.75) is 38.7 Å². The Morgan fingerprint density at radius 3 is 1.97 bits per heavy atom. The average Bonchev–Trinajstić information content (AvgIpc) is 3.61. The molecular formula is C23H25NO7. The highest BCUT2D eigenvalue weighted by Gasteiger charge is 2.58. The minimum atomic E-state index is -1.58. The van der Waals surface area contributed by atoms with Gasteiger partial charge in [0.1, 0.15) is 19.3 Å². The van der Waals surface area contributed by atoms with E-state index in [1.807, 2.05) is 36.4 Å². The summed E-state index contributed by atoms with van der Waals surface area (Å²) in [5.74, 6) is -1.40. The molecule has 0 aliphatic carbocycles. The van der Waals surface area contributed by atoms with Crippen LogP contribution in [0.15, 0.2) is 60.7 Å². The number of esters is 1. The third kappa shape index (κ3) is 5.82. The molecule has 1 aliphatic heterocycles. The lowest BCUT2D eigenvalue weighted by molar-refractivity contribution is -0.150. The summed E-state index contributed by atoms with van der Waals surface area (Å²) in [6.45, 7) is 3.66. The molecule has 0 spiro atoms. The lowest BCUT2D eigenvalue weighted by atomic mass is 9.83. The van der Waals surface area contributed by atoms with Gasteiger partial charge in [0.25, 0.3) is 0 Å². The van der Waals surface area contributed by atoms with E-state index in [0.717, 1.165) is 11.1 Å². The molecule has 0 aromatic heterocycles. The summed E-state index contributed by atoms with van der Waals surface area (Å²) in [4.78, 5) is 37.5. The Bertz CT molecular complexity index is 893. The van der Waals surface area contributed by atoms with Crippen molar-refractivity contribution in [3.8, 4) is 0 Å². The first-order valence-electron chi connectivity index (χ1n) is 9.95. The summed E-state index contributed by atoms with van der Waals surface area (Å²) in [6, 6.07) is 18.1. The first-order chi connectivity index (χ1) is 14.9. The van der Waals surface area contributed by atoms with E-state index in [-0.39, 0.29) is 19.8 Å². The molecule has 0 saturated carbocycles. The molecule has 8 heteroatoms.